The van der Waals surface area contributed by atoms with E-state index in [9.17, 15) is 14.4 Å². The molecule has 1 aliphatic heterocycles. The van der Waals surface area contributed by atoms with Crippen LogP contribution >= 0.6 is 0 Å². The zero-order chi connectivity index (χ0) is 24.1. The molecule has 1 N–H and O–H groups in total. The van der Waals surface area contributed by atoms with E-state index in [0.29, 0.717) is 16.9 Å². The van der Waals surface area contributed by atoms with Crippen molar-refractivity contribution in [2.75, 3.05) is 20.3 Å². The lowest BCUT2D eigenvalue weighted by molar-refractivity contribution is -0.143. The summed E-state index contributed by atoms with van der Waals surface area (Å²) < 4.78 is 10.3. The number of methoxy groups -OCH3 is 1. The van der Waals surface area contributed by atoms with Crippen molar-refractivity contribution in [1.82, 2.24) is 10.2 Å². The van der Waals surface area contributed by atoms with E-state index in [4.69, 9.17) is 9.47 Å². The van der Waals surface area contributed by atoms with Crippen molar-refractivity contribution in [3.8, 4) is 5.75 Å². The molecule has 0 aromatic heterocycles. The fourth-order valence-electron chi connectivity index (χ4n) is 5.23. The third-order valence-corrected chi connectivity index (χ3v) is 6.80. The van der Waals surface area contributed by atoms with Gasteiger partial charge in [0.15, 0.2) is 0 Å². The van der Waals surface area contributed by atoms with Crippen LogP contribution in [-0.2, 0) is 14.3 Å². The number of fused-ring (bicyclic) bond motifs is 1. The molecule has 7 nitrogen and oxygen atoms in total. The van der Waals surface area contributed by atoms with Gasteiger partial charge in [-0.3, -0.25) is 14.4 Å². The molecule has 2 aromatic rings. The number of benzene rings is 2. The summed E-state index contributed by atoms with van der Waals surface area (Å²) in [5.74, 6) is -0.772. The van der Waals surface area contributed by atoms with Gasteiger partial charge in [-0.2, -0.15) is 0 Å². The Hall–Kier alpha value is -3.35. The standard InChI is InChI=1S/C27H32N2O5/c1-3-34-23(30)17-28-26(31)24-21-11-7-8-12-22(21)27(32)29(19-9-5-4-6-10-19)25(24)18-13-15-20(33-2)16-14-18/h7-8,11-16,19,24-25H,3-6,9-10,17H2,1-2H3,(H,28,31). The van der Waals surface area contributed by atoms with Crippen LogP contribution in [0.25, 0.3) is 0 Å². The minimum Gasteiger partial charge on any atom is -0.497 e. The van der Waals surface area contributed by atoms with Gasteiger partial charge in [-0.25, -0.2) is 0 Å². The number of nitrogens with zero attached hydrogens (tertiary/aromatic N) is 1. The number of hydrogen-bond acceptors (Lipinski definition) is 5. The van der Waals surface area contributed by atoms with E-state index in [1.807, 2.05) is 47.4 Å². The largest absolute Gasteiger partial charge is 0.497 e. The Kier molecular flexibility index (Phi) is 7.50. The summed E-state index contributed by atoms with van der Waals surface area (Å²) in [7, 11) is 1.61. The number of ether oxygens (including phenoxy) is 2. The Morgan fingerprint density at radius 1 is 1.03 bits per heavy atom. The number of rotatable bonds is 7. The Morgan fingerprint density at radius 2 is 1.74 bits per heavy atom. The maximum atomic E-state index is 13.8. The monoisotopic (exact) mass is 464 g/mol. The van der Waals surface area contributed by atoms with Crippen LogP contribution < -0.4 is 10.1 Å². The van der Waals surface area contributed by atoms with Crippen LogP contribution in [0.15, 0.2) is 48.5 Å². The van der Waals surface area contributed by atoms with Gasteiger partial charge in [0.2, 0.25) is 5.91 Å². The molecule has 34 heavy (non-hydrogen) atoms. The molecule has 1 fully saturated rings. The minimum absolute atomic E-state index is 0.0437. The maximum absolute atomic E-state index is 13.8. The lowest BCUT2D eigenvalue weighted by atomic mass is 9.77. The van der Waals surface area contributed by atoms with Crippen molar-refractivity contribution < 1.29 is 23.9 Å². The molecule has 1 saturated carbocycles. The molecule has 2 unspecified atom stereocenters. The highest BCUT2D eigenvalue weighted by molar-refractivity contribution is 6.01. The molecular formula is C27H32N2O5. The quantitative estimate of drug-likeness (QED) is 0.627. The molecular weight excluding hydrogens is 432 g/mol. The zero-order valence-electron chi connectivity index (χ0n) is 19.8. The summed E-state index contributed by atoms with van der Waals surface area (Å²) in [4.78, 5) is 41.3. The van der Waals surface area contributed by atoms with Gasteiger partial charge in [-0.05, 0) is 49.1 Å². The predicted octanol–water partition coefficient (Wildman–Crippen LogP) is 3.99. The molecule has 180 valence electrons. The summed E-state index contributed by atoms with van der Waals surface area (Å²) in [6.07, 6.45) is 5.11. The number of nitrogens with one attached hydrogen (secondary N) is 1. The van der Waals surface area contributed by atoms with Crippen LogP contribution in [-0.4, -0.2) is 49.0 Å². The van der Waals surface area contributed by atoms with Crippen LogP contribution in [0.1, 0.15) is 72.5 Å². The second kappa shape index (κ2) is 10.7. The van der Waals surface area contributed by atoms with Gasteiger partial charge in [-0.15, -0.1) is 0 Å². The molecule has 0 bridgehead atoms. The van der Waals surface area contributed by atoms with E-state index < -0.39 is 17.9 Å². The molecule has 7 heteroatoms. The molecule has 0 saturated heterocycles. The van der Waals surface area contributed by atoms with Crippen molar-refractivity contribution in [1.29, 1.82) is 0 Å². The first kappa shape index (κ1) is 23.8. The van der Waals surface area contributed by atoms with E-state index >= 15 is 0 Å². The Bertz CT molecular complexity index is 1030. The molecule has 4 rings (SSSR count). The topological polar surface area (TPSA) is 84.9 Å². The first-order valence-corrected chi connectivity index (χ1v) is 12.0. The third-order valence-electron chi connectivity index (χ3n) is 6.80. The molecule has 0 spiro atoms. The highest BCUT2D eigenvalue weighted by atomic mass is 16.5. The minimum atomic E-state index is -0.654. The van der Waals surface area contributed by atoms with Crippen molar-refractivity contribution in [2.24, 2.45) is 0 Å². The highest BCUT2D eigenvalue weighted by Crippen LogP contribution is 2.46. The van der Waals surface area contributed by atoms with Crippen molar-refractivity contribution in [2.45, 2.75) is 57.0 Å². The van der Waals surface area contributed by atoms with E-state index in [1.165, 1.54) is 0 Å². The Balaban J connectivity index is 1.79. The molecule has 2 atom stereocenters. The summed E-state index contributed by atoms with van der Waals surface area (Å²) >= 11 is 0. The van der Waals surface area contributed by atoms with Crippen LogP contribution in [0.4, 0.5) is 0 Å². The predicted molar refractivity (Wildman–Crippen MR) is 128 cm³/mol. The first-order valence-electron chi connectivity index (χ1n) is 12.0. The van der Waals surface area contributed by atoms with Crippen LogP contribution in [0.3, 0.4) is 0 Å². The van der Waals surface area contributed by atoms with Gasteiger partial charge < -0.3 is 19.7 Å². The fraction of sp³-hybridized carbons (Fsp3) is 0.444. The van der Waals surface area contributed by atoms with Gasteiger partial charge >= 0.3 is 5.97 Å². The van der Waals surface area contributed by atoms with Crippen molar-refractivity contribution in [3.63, 3.8) is 0 Å². The van der Waals surface area contributed by atoms with Crippen LogP contribution in [0.5, 0.6) is 5.75 Å². The number of esters is 1. The summed E-state index contributed by atoms with van der Waals surface area (Å²) in [6, 6.07) is 14.4. The van der Waals surface area contributed by atoms with Gasteiger partial charge in [0, 0.05) is 11.6 Å². The van der Waals surface area contributed by atoms with Gasteiger partial charge in [0.25, 0.3) is 5.91 Å². The van der Waals surface area contributed by atoms with E-state index in [2.05, 4.69) is 5.32 Å². The summed E-state index contributed by atoms with van der Waals surface area (Å²) in [5.41, 5.74) is 2.10. The van der Waals surface area contributed by atoms with Gasteiger partial charge in [0.05, 0.1) is 25.7 Å². The second-order valence-electron chi connectivity index (χ2n) is 8.81. The number of carbonyl (C=O) groups excluding carboxylic acids is 3. The number of amides is 2. The van der Waals surface area contributed by atoms with E-state index in [1.54, 1.807) is 20.1 Å². The average molecular weight is 465 g/mol. The van der Waals surface area contributed by atoms with Crippen LogP contribution in [0, 0.1) is 0 Å². The first-order chi connectivity index (χ1) is 16.5. The molecule has 0 radical (unpaired) electrons. The van der Waals surface area contributed by atoms with E-state index in [-0.39, 0.29) is 31.0 Å². The van der Waals surface area contributed by atoms with Crippen molar-refractivity contribution in [3.05, 3.63) is 65.2 Å². The second-order valence-corrected chi connectivity index (χ2v) is 8.81. The summed E-state index contributed by atoms with van der Waals surface area (Å²) in [6.45, 7) is 1.77. The lowest BCUT2D eigenvalue weighted by Gasteiger charge is -2.46. The zero-order valence-corrected chi connectivity index (χ0v) is 19.8. The fourth-order valence-corrected chi connectivity index (χ4v) is 5.23. The van der Waals surface area contributed by atoms with Crippen LogP contribution in [0.2, 0.25) is 0 Å². The summed E-state index contributed by atoms with van der Waals surface area (Å²) in [5, 5.41) is 2.76. The highest BCUT2D eigenvalue weighted by Gasteiger charge is 2.46. The number of carbonyl (C=O) groups is 3. The normalized spacial score (nSPS) is 20.4. The third kappa shape index (κ3) is 4.79. The van der Waals surface area contributed by atoms with Gasteiger partial charge in [-0.1, -0.05) is 49.6 Å². The molecule has 2 amide bonds. The Morgan fingerprint density at radius 3 is 2.41 bits per heavy atom. The molecule has 2 aromatic carbocycles. The Labute approximate surface area is 200 Å². The molecule has 2 aliphatic rings. The molecule has 1 heterocycles. The van der Waals surface area contributed by atoms with E-state index in [0.717, 1.165) is 37.7 Å². The molecule has 1 aliphatic carbocycles. The SMILES string of the molecule is CCOC(=O)CNC(=O)C1c2ccccc2C(=O)N(C2CCCCC2)C1c1ccc(OC)cc1. The smallest absolute Gasteiger partial charge is 0.325 e. The van der Waals surface area contributed by atoms with Crippen molar-refractivity contribution >= 4 is 17.8 Å². The average Bonchev–Trinajstić information content (AvgIpc) is 2.88. The lowest BCUT2D eigenvalue weighted by Crippen LogP contribution is -2.52. The number of hydrogen-bond donors (Lipinski definition) is 1. The van der Waals surface area contributed by atoms with Gasteiger partial charge in [0.1, 0.15) is 12.3 Å². The maximum Gasteiger partial charge on any atom is 0.325 e.